The summed E-state index contributed by atoms with van der Waals surface area (Å²) in [6.45, 7) is 8.08. The number of unbranched alkanes of at least 4 members (excludes halogenated alkanes) is 1. The average molecular weight is 336 g/mol. The first-order valence-electron chi connectivity index (χ1n) is 9.53. The maximum Gasteiger partial charge on any atom is 0.311 e. The molecule has 0 aromatic rings. The second kappa shape index (κ2) is 7.17. The van der Waals surface area contributed by atoms with Crippen molar-refractivity contribution in [1.82, 2.24) is 0 Å². The molecule has 0 amide bonds. The smallest absolute Gasteiger partial charge is 0.311 e. The minimum absolute atomic E-state index is 0.0643. The Balaban J connectivity index is 1.40. The van der Waals surface area contributed by atoms with E-state index in [0.29, 0.717) is 37.6 Å². The third-order valence-electron chi connectivity index (χ3n) is 5.93. The van der Waals surface area contributed by atoms with E-state index in [1.54, 1.807) is 0 Å². The number of carbonyl (C=O) groups excluding carboxylic acids is 1. The van der Waals surface area contributed by atoms with E-state index in [4.69, 9.17) is 14.2 Å². The van der Waals surface area contributed by atoms with Crippen molar-refractivity contribution in [2.24, 2.45) is 23.2 Å². The van der Waals surface area contributed by atoms with Gasteiger partial charge in [0, 0.05) is 5.41 Å². The third kappa shape index (κ3) is 4.20. The highest BCUT2D eigenvalue weighted by atomic mass is 16.7. The zero-order valence-corrected chi connectivity index (χ0v) is 15.4. The summed E-state index contributed by atoms with van der Waals surface area (Å²) >= 11 is 0. The second-order valence-electron chi connectivity index (χ2n) is 8.53. The van der Waals surface area contributed by atoms with Crippen LogP contribution in [-0.2, 0) is 19.0 Å². The SMILES string of the molecule is CCCCC1(C)COC(C)(CC(=O)OCC2CC3C=CC2C3)OC1. The summed E-state index contributed by atoms with van der Waals surface area (Å²) in [4.78, 5) is 12.2. The van der Waals surface area contributed by atoms with Gasteiger partial charge in [-0.2, -0.15) is 0 Å². The molecule has 3 unspecified atom stereocenters. The van der Waals surface area contributed by atoms with Crippen LogP contribution in [0, 0.1) is 23.2 Å². The maximum atomic E-state index is 12.2. The molecule has 0 radical (unpaired) electrons. The molecular formula is C20H32O4. The first-order chi connectivity index (χ1) is 11.4. The topological polar surface area (TPSA) is 44.8 Å². The summed E-state index contributed by atoms with van der Waals surface area (Å²) in [6, 6.07) is 0. The molecule has 4 heteroatoms. The summed E-state index contributed by atoms with van der Waals surface area (Å²) in [5.41, 5.74) is 0.0643. The minimum atomic E-state index is -0.836. The maximum absolute atomic E-state index is 12.2. The molecule has 3 aliphatic rings. The molecule has 24 heavy (non-hydrogen) atoms. The van der Waals surface area contributed by atoms with Gasteiger partial charge in [-0.3, -0.25) is 4.79 Å². The monoisotopic (exact) mass is 336 g/mol. The Hall–Kier alpha value is -0.870. The highest BCUT2D eigenvalue weighted by Gasteiger charge is 2.41. The van der Waals surface area contributed by atoms with Crippen LogP contribution >= 0.6 is 0 Å². The van der Waals surface area contributed by atoms with E-state index in [-0.39, 0.29) is 17.8 Å². The fourth-order valence-corrected chi connectivity index (χ4v) is 4.19. The van der Waals surface area contributed by atoms with E-state index >= 15 is 0 Å². The molecule has 3 atom stereocenters. The van der Waals surface area contributed by atoms with E-state index in [1.165, 1.54) is 19.3 Å². The van der Waals surface area contributed by atoms with E-state index < -0.39 is 5.79 Å². The Kier molecular flexibility index (Phi) is 5.36. The van der Waals surface area contributed by atoms with Gasteiger partial charge in [-0.25, -0.2) is 0 Å². The van der Waals surface area contributed by atoms with Gasteiger partial charge in [0.2, 0.25) is 0 Å². The van der Waals surface area contributed by atoms with Crippen molar-refractivity contribution in [3.63, 3.8) is 0 Å². The Morgan fingerprint density at radius 2 is 1.96 bits per heavy atom. The molecule has 0 aromatic heterocycles. The molecule has 1 saturated heterocycles. The Labute approximate surface area is 145 Å². The van der Waals surface area contributed by atoms with Crippen LogP contribution in [0.3, 0.4) is 0 Å². The Morgan fingerprint density at radius 3 is 2.54 bits per heavy atom. The number of esters is 1. The van der Waals surface area contributed by atoms with Gasteiger partial charge in [-0.1, -0.05) is 38.8 Å². The molecule has 136 valence electrons. The fourth-order valence-electron chi connectivity index (χ4n) is 4.19. The zero-order chi connectivity index (χ0) is 17.2. The lowest BCUT2D eigenvalue weighted by atomic mass is 9.85. The molecule has 4 nitrogen and oxygen atoms in total. The van der Waals surface area contributed by atoms with Crippen molar-refractivity contribution in [3.8, 4) is 0 Å². The van der Waals surface area contributed by atoms with E-state index in [1.807, 2.05) is 6.92 Å². The van der Waals surface area contributed by atoms with Gasteiger partial charge < -0.3 is 14.2 Å². The lowest BCUT2D eigenvalue weighted by Gasteiger charge is -2.42. The highest BCUT2D eigenvalue weighted by Crippen LogP contribution is 2.43. The lowest BCUT2D eigenvalue weighted by molar-refractivity contribution is -0.294. The minimum Gasteiger partial charge on any atom is -0.465 e. The first kappa shape index (κ1) is 17.9. The number of ether oxygens (including phenoxy) is 3. The van der Waals surface area contributed by atoms with Crippen molar-refractivity contribution in [2.75, 3.05) is 19.8 Å². The molecule has 1 saturated carbocycles. The van der Waals surface area contributed by atoms with Gasteiger partial charge in [-0.15, -0.1) is 0 Å². The third-order valence-corrected chi connectivity index (χ3v) is 5.93. The number of rotatable bonds is 7. The van der Waals surface area contributed by atoms with Crippen LogP contribution in [0.4, 0.5) is 0 Å². The molecule has 2 fully saturated rings. The predicted octanol–water partition coefficient (Wildman–Crippen LogP) is 4.09. The largest absolute Gasteiger partial charge is 0.465 e. The summed E-state index contributed by atoms with van der Waals surface area (Å²) in [5.74, 6) is 0.780. The summed E-state index contributed by atoms with van der Waals surface area (Å²) in [7, 11) is 0. The molecular weight excluding hydrogens is 304 g/mol. The van der Waals surface area contributed by atoms with Gasteiger partial charge >= 0.3 is 5.97 Å². The lowest BCUT2D eigenvalue weighted by Crippen LogP contribution is -2.48. The van der Waals surface area contributed by atoms with E-state index in [2.05, 4.69) is 26.0 Å². The standard InChI is InChI=1S/C20H32O4/c1-4-5-8-19(2)13-23-20(3,24-14-19)11-18(21)22-12-17-10-15-6-7-16(17)9-15/h6-7,15-17H,4-5,8-14H2,1-3H3. The number of hydrogen-bond acceptors (Lipinski definition) is 4. The molecule has 3 rings (SSSR count). The van der Waals surface area contributed by atoms with Crippen molar-refractivity contribution < 1.29 is 19.0 Å². The van der Waals surface area contributed by atoms with E-state index in [9.17, 15) is 4.79 Å². The Morgan fingerprint density at radius 1 is 1.21 bits per heavy atom. The zero-order valence-electron chi connectivity index (χ0n) is 15.4. The number of fused-ring (bicyclic) bond motifs is 2. The normalized spacial score (nSPS) is 40.9. The van der Waals surface area contributed by atoms with Gasteiger partial charge in [0.05, 0.1) is 26.2 Å². The van der Waals surface area contributed by atoms with Crippen molar-refractivity contribution in [2.45, 2.75) is 65.1 Å². The molecule has 2 aliphatic carbocycles. The first-order valence-corrected chi connectivity index (χ1v) is 9.53. The quantitative estimate of drug-likeness (QED) is 0.519. The summed E-state index contributed by atoms with van der Waals surface area (Å²) in [5, 5.41) is 0. The van der Waals surface area contributed by atoms with Crippen LogP contribution in [0.5, 0.6) is 0 Å². The van der Waals surface area contributed by atoms with Crippen LogP contribution in [-0.4, -0.2) is 31.6 Å². The summed E-state index contributed by atoms with van der Waals surface area (Å²) < 4.78 is 17.4. The van der Waals surface area contributed by atoms with Gasteiger partial charge in [0.1, 0.15) is 0 Å². The molecule has 0 N–H and O–H groups in total. The number of allylic oxidation sites excluding steroid dienone is 2. The molecule has 1 aliphatic heterocycles. The van der Waals surface area contributed by atoms with Gasteiger partial charge in [-0.05, 0) is 43.9 Å². The number of carbonyl (C=O) groups is 1. The van der Waals surface area contributed by atoms with Crippen LogP contribution in [0.2, 0.25) is 0 Å². The van der Waals surface area contributed by atoms with Crippen LogP contribution in [0.25, 0.3) is 0 Å². The van der Waals surface area contributed by atoms with Gasteiger partial charge in [0.15, 0.2) is 5.79 Å². The second-order valence-corrected chi connectivity index (χ2v) is 8.53. The van der Waals surface area contributed by atoms with Crippen LogP contribution < -0.4 is 0 Å². The summed E-state index contributed by atoms with van der Waals surface area (Å²) in [6.07, 6.45) is 10.6. The van der Waals surface area contributed by atoms with Crippen molar-refractivity contribution in [1.29, 1.82) is 0 Å². The van der Waals surface area contributed by atoms with Crippen LogP contribution in [0.1, 0.15) is 59.3 Å². The predicted molar refractivity (Wildman–Crippen MR) is 92.4 cm³/mol. The Bertz CT molecular complexity index is 476. The molecule has 0 spiro atoms. The molecule has 1 heterocycles. The average Bonchev–Trinajstić information content (AvgIpc) is 3.17. The van der Waals surface area contributed by atoms with Gasteiger partial charge in [0.25, 0.3) is 0 Å². The van der Waals surface area contributed by atoms with Crippen LogP contribution in [0.15, 0.2) is 12.2 Å². The van der Waals surface area contributed by atoms with Crippen molar-refractivity contribution >= 4 is 5.97 Å². The molecule has 0 aromatic carbocycles. The molecule has 2 bridgehead atoms. The fraction of sp³-hybridized carbons (Fsp3) is 0.850. The number of hydrogen-bond donors (Lipinski definition) is 0. The van der Waals surface area contributed by atoms with Crippen molar-refractivity contribution in [3.05, 3.63) is 12.2 Å². The highest BCUT2D eigenvalue weighted by molar-refractivity contribution is 5.70. The van der Waals surface area contributed by atoms with E-state index in [0.717, 1.165) is 12.8 Å².